The maximum Gasteiger partial charge on any atom is 0.295 e. The van der Waals surface area contributed by atoms with E-state index in [9.17, 15) is 18.1 Å². The van der Waals surface area contributed by atoms with Crippen molar-refractivity contribution in [3.8, 4) is 5.75 Å². The van der Waals surface area contributed by atoms with Gasteiger partial charge in [0.2, 0.25) is 0 Å². The van der Waals surface area contributed by atoms with Gasteiger partial charge in [0, 0.05) is 11.5 Å². The van der Waals surface area contributed by atoms with Gasteiger partial charge in [0.05, 0.1) is 16.4 Å². The number of nitrogens with zero attached hydrogens (tertiary/aromatic N) is 2. The predicted octanol–water partition coefficient (Wildman–Crippen LogP) is 4.44. The Hall–Kier alpha value is -2.68. The standard InChI is InChI=1S/C16H12ClN3O4S/c17-12-7-14(15(21)8-13(12)18)20-19-10-4-5-11-9(6-10)2-1-3-16(11)25(22,23)24/h1-8,21H,18H2,(H,22,23,24). The van der Waals surface area contributed by atoms with Crippen LogP contribution in [0.2, 0.25) is 5.02 Å². The lowest BCUT2D eigenvalue weighted by atomic mass is 10.1. The Bertz CT molecular complexity index is 1110. The van der Waals surface area contributed by atoms with E-state index < -0.39 is 10.1 Å². The maximum atomic E-state index is 11.4. The van der Waals surface area contributed by atoms with Crippen LogP contribution in [0.5, 0.6) is 5.75 Å². The van der Waals surface area contributed by atoms with E-state index in [0.717, 1.165) is 0 Å². The average Bonchev–Trinajstić information content (AvgIpc) is 2.55. The minimum Gasteiger partial charge on any atom is -0.506 e. The fourth-order valence-corrected chi connectivity index (χ4v) is 3.16. The molecule has 128 valence electrons. The zero-order chi connectivity index (χ0) is 18.2. The van der Waals surface area contributed by atoms with Crippen LogP contribution in [0.1, 0.15) is 0 Å². The third-order valence-corrected chi connectivity index (χ3v) is 4.71. The van der Waals surface area contributed by atoms with Gasteiger partial charge in [-0.05, 0) is 29.7 Å². The summed E-state index contributed by atoms with van der Waals surface area (Å²) in [5, 5.41) is 18.9. The van der Waals surface area contributed by atoms with Crippen molar-refractivity contribution in [2.45, 2.75) is 4.90 Å². The van der Waals surface area contributed by atoms with E-state index >= 15 is 0 Å². The summed E-state index contributed by atoms with van der Waals surface area (Å²) in [6, 6.07) is 11.8. The van der Waals surface area contributed by atoms with E-state index in [1.165, 1.54) is 36.4 Å². The highest BCUT2D eigenvalue weighted by Gasteiger charge is 2.13. The third-order valence-electron chi connectivity index (χ3n) is 3.47. The summed E-state index contributed by atoms with van der Waals surface area (Å²) < 4.78 is 32.1. The summed E-state index contributed by atoms with van der Waals surface area (Å²) in [6.07, 6.45) is 0. The molecular weight excluding hydrogens is 366 g/mol. The van der Waals surface area contributed by atoms with Gasteiger partial charge in [0.15, 0.2) is 0 Å². The Labute approximate surface area is 148 Å². The molecule has 0 heterocycles. The van der Waals surface area contributed by atoms with E-state index in [-0.39, 0.29) is 27.0 Å². The summed E-state index contributed by atoms with van der Waals surface area (Å²) in [5.41, 5.74) is 6.37. The van der Waals surface area contributed by atoms with E-state index in [4.69, 9.17) is 17.3 Å². The molecule has 0 aromatic heterocycles. The number of phenolic OH excluding ortho intramolecular Hbond substituents is 1. The maximum absolute atomic E-state index is 11.4. The molecule has 0 aliphatic heterocycles. The predicted molar refractivity (Wildman–Crippen MR) is 95.5 cm³/mol. The smallest absolute Gasteiger partial charge is 0.295 e. The highest BCUT2D eigenvalue weighted by molar-refractivity contribution is 7.86. The number of azo groups is 1. The van der Waals surface area contributed by atoms with Crippen LogP contribution in [0.15, 0.2) is 63.7 Å². The van der Waals surface area contributed by atoms with Gasteiger partial charge in [-0.15, -0.1) is 5.11 Å². The third kappa shape index (κ3) is 3.55. The van der Waals surface area contributed by atoms with Crippen molar-refractivity contribution in [3.63, 3.8) is 0 Å². The molecule has 25 heavy (non-hydrogen) atoms. The SMILES string of the molecule is Nc1cc(O)c(N=Nc2ccc3c(S(=O)(=O)O)cccc3c2)cc1Cl. The first-order valence-corrected chi connectivity index (χ1v) is 8.77. The van der Waals surface area contributed by atoms with E-state index in [0.29, 0.717) is 16.5 Å². The molecule has 3 aromatic carbocycles. The van der Waals surface area contributed by atoms with Crippen LogP contribution in [0.25, 0.3) is 10.8 Å². The lowest BCUT2D eigenvalue weighted by Crippen LogP contribution is -1.98. The van der Waals surface area contributed by atoms with E-state index in [1.54, 1.807) is 12.1 Å². The topological polar surface area (TPSA) is 125 Å². The lowest BCUT2D eigenvalue weighted by molar-refractivity contribution is 0.476. The second-order valence-corrected chi connectivity index (χ2v) is 7.00. The summed E-state index contributed by atoms with van der Waals surface area (Å²) in [5.74, 6) is -0.167. The van der Waals surface area contributed by atoms with Gasteiger partial charge in [-0.3, -0.25) is 4.55 Å². The van der Waals surface area contributed by atoms with Crippen molar-refractivity contribution in [3.05, 3.63) is 53.6 Å². The second kappa shape index (κ2) is 6.32. The zero-order valence-corrected chi connectivity index (χ0v) is 14.2. The molecule has 3 rings (SSSR count). The van der Waals surface area contributed by atoms with Crippen LogP contribution in [-0.2, 0) is 10.1 Å². The minimum atomic E-state index is -4.33. The van der Waals surface area contributed by atoms with Gasteiger partial charge in [-0.1, -0.05) is 29.8 Å². The highest BCUT2D eigenvalue weighted by Crippen LogP contribution is 2.35. The van der Waals surface area contributed by atoms with Gasteiger partial charge >= 0.3 is 0 Å². The van der Waals surface area contributed by atoms with Crippen LogP contribution in [0.3, 0.4) is 0 Å². The molecule has 0 fully saturated rings. The Morgan fingerprint density at radius 2 is 1.80 bits per heavy atom. The summed E-state index contributed by atoms with van der Waals surface area (Å²) >= 11 is 5.89. The molecular formula is C16H12ClN3O4S. The molecule has 0 aliphatic rings. The Morgan fingerprint density at radius 3 is 2.52 bits per heavy atom. The number of nitrogens with two attached hydrogens (primary N) is 1. The van der Waals surface area contributed by atoms with Crippen molar-refractivity contribution in [2.75, 3.05) is 5.73 Å². The fourth-order valence-electron chi connectivity index (χ4n) is 2.29. The van der Waals surface area contributed by atoms with Gasteiger partial charge in [-0.25, -0.2) is 0 Å². The quantitative estimate of drug-likeness (QED) is 0.353. The molecule has 0 aliphatic carbocycles. The lowest BCUT2D eigenvalue weighted by Gasteiger charge is -2.04. The molecule has 0 spiro atoms. The van der Waals surface area contributed by atoms with Gasteiger partial charge in [0.25, 0.3) is 10.1 Å². The monoisotopic (exact) mass is 377 g/mol. The molecule has 0 amide bonds. The Balaban J connectivity index is 2.02. The van der Waals surface area contributed by atoms with Crippen molar-refractivity contribution in [1.29, 1.82) is 0 Å². The van der Waals surface area contributed by atoms with E-state index in [1.807, 2.05) is 0 Å². The van der Waals surface area contributed by atoms with Crippen LogP contribution in [-0.4, -0.2) is 18.1 Å². The number of anilines is 1. The van der Waals surface area contributed by atoms with Gasteiger partial charge in [0.1, 0.15) is 16.3 Å². The molecule has 0 atom stereocenters. The van der Waals surface area contributed by atoms with E-state index in [2.05, 4.69) is 10.2 Å². The first kappa shape index (κ1) is 17.2. The molecule has 0 saturated carbocycles. The number of rotatable bonds is 3. The molecule has 3 aromatic rings. The molecule has 0 unspecified atom stereocenters. The molecule has 0 bridgehead atoms. The number of aromatic hydroxyl groups is 1. The number of hydrogen-bond donors (Lipinski definition) is 3. The Morgan fingerprint density at radius 1 is 1.04 bits per heavy atom. The largest absolute Gasteiger partial charge is 0.506 e. The highest BCUT2D eigenvalue weighted by atomic mass is 35.5. The van der Waals surface area contributed by atoms with Crippen molar-refractivity contribution >= 4 is 49.6 Å². The average molecular weight is 378 g/mol. The Kier molecular flexibility index (Phi) is 4.34. The molecule has 0 saturated heterocycles. The van der Waals surface area contributed by atoms with Crippen LogP contribution in [0, 0.1) is 0 Å². The molecule has 0 radical (unpaired) electrons. The minimum absolute atomic E-state index is 0.144. The fraction of sp³-hybridized carbons (Fsp3) is 0. The van der Waals surface area contributed by atoms with Crippen molar-refractivity contribution in [2.24, 2.45) is 10.2 Å². The number of halogens is 1. The zero-order valence-electron chi connectivity index (χ0n) is 12.6. The van der Waals surface area contributed by atoms with Gasteiger partial charge < -0.3 is 10.8 Å². The first-order chi connectivity index (χ1) is 11.8. The number of fused-ring (bicyclic) bond motifs is 1. The summed E-state index contributed by atoms with van der Waals surface area (Å²) in [4.78, 5) is -0.184. The first-order valence-electron chi connectivity index (χ1n) is 6.96. The molecule has 4 N–H and O–H groups in total. The number of benzene rings is 3. The number of hydrogen-bond acceptors (Lipinski definition) is 6. The van der Waals surface area contributed by atoms with Gasteiger partial charge in [-0.2, -0.15) is 13.5 Å². The number of nitrogen functional groups attached to an aromatic ring is 1. The van der Waals surface area contributed by atoms with Crippen LogP contribution < -0.4 is 5.73 Å². The summed E-state index contributed by atoms with van der Waals surface area (Å²) in [6.45, 7) is 0. The van der Waals surface area contributed by atoms with Crippen LogP contribution >= 0.6 is 11.6 Å². The van der Waals surface area contributed by atoms with Crippen LogP contribution in [0.4, 0.5) is 17.1 Å². The second-order valence-electron chi connectivity index (χ2n) is 5.20. The molecule has 7 nitrogen and oxygen atoms in total. The van der Waals surface area contributed by atoms with Crippen molar-refractivity contribution in [1.82, 2.24) is 0 Å². The summed E-state index contributed by atoms with van der Waals surface area (Å²) in [7, 11) is -4.33. The molecule has 9 heteroatoms. The van der Waals surface area contributed by atoms with Crippen molar-refractivity contribution < 1.29 is 18.1 Å². The number of phenols is 1. The normalized spacial score (nSPS) is 12.1.